The number of carbonyl (C=O) groups is 2. The first-order valence-corrected chi connectivity index (χ1v) is 17.7. The van der Waals surface area contributed by atoms with Crippen LogP contribution in [-0.2, 0) is 28.2 Å². The third-order valence-electron chi connectivity index (χ3n) is 6.72. The number of hydrogen-bond donors (Lipinski definition) is 2. The van der Waals surface area contributed by atoms with Crippen LogP contribution in [0.15, 0.2) is 24.3 Å². The Balaban J connectivity index is 4.06. The molecule has 0 rings (SSSR count). The maximum atomic E-state index is 12.3. The molecule has 9 heteroatoms. The molecular weight excluding hydrogens is 543 g/mol. The van der Waals surface area contributed by atoms with Crippen molar-refractivity contribution in [3.8, 4) is 0 Å². The number of allylic oxidation sites excluding steroid dienone is 4. The summed E-state index contributed by atoms with van der Waals surface area (Å²) in [4.78, 5) is 42.4. The molecule has 0 aromatic rings. The molecule has 0 aromatic heterocycles. The molecule has 240 valence electrons. The zero-order valence-corrected chi connectivity index (χ0v) is 26.8. The van der Waals surface area contributed by atoms with Crippen LogP contribution in [0.25, 0.3) is 0 Å². The van der Waals surface area contributed by atoms with E-state index in [1.807, 2.05) is 0 Å². The van der Waals surface area contributed by atoms with Crippen LogP contribution in [0.4, 0.5) is 0 Å². The van der Waals surface area contributed by atoms with Crippen LogP contribution in [-0.4, -0.2) is 41.0 Å². The first-order valence-electron chi connectivity index (χ1n) is 16.1. The predicted molar refractivity (Wildman–Crippen MR) is 165 cm³/mol. The maximum Gasteiger partial charge on any atom is 0.469 e. The molecule has 0 aliphatic carbocycles. The second-order valence-electron chi connectivity index (χ2n) is 10.8. The highest BCUT2D eigenvalue weighted by Crippen LogP contribution is 2.35. The Hall–Kier alpha value is -1.47. The fraction of sp³-hybridized carbons (Fsp3) is 0.812. The Kier molecular flexibility index (Phi) is 27.6. The minimum Gasteiger partial charge on any atom is -0.462 e. The lowest BCUT2D eigenvalue weighted by molar-refractivity contribution is -0.161. The maximum absolute atomic E-state index is 12.3. The number of unbranched alkanes of at least 4 members (excludes halogenated alkanes) is 15. The van der Waals surface area contributed by atoms with Crippen LogP contribution in [0.1, 0.15) is 149 Å². The molecule has 0 saturated carbocycles. The minimum absolute atomic E-state index is 0.197. The molecule has 1 atom stereocenters. The van der Waals surface area contributed by atoms with E-state index in [0.717, 1.165) is 64.2 Å². The van der Waals surface area contributed by atoms with Gasteiger partial charge in [0.1, 0.15) is 6.61 Å². The molecule has 0 aliphatic heterocycles. The highest BCUT2D eigenvalue weighted by atomic mass is 31.2. The van der Waals surface area contributed by atoms with E-state index in [1.54, 1.807) is 0 Å². The largest absolute Gasteiger partial charge is 0.469 e. The molecule has 0 saturated heterocycles. The summed E-state index contributed by atoms with van der Waals surface area (Å²) in [6.07, 6.45) is 29.1. The van der Waals surface area contributed by atoms with Gasteiger partial charge in [-0.15, -0.1) is 0 Å². The number of phosphoric acid groups is 1. The van der Waals surface area contributed by atoms with E-state index in [-0.39, 0.29) is 19.4 Å². The molecule has 0 heterocycles. The fourth-order valence-electron chi connectivity index (χ4n) is 4.27. The van der Waals surface area contributed by atoms with Crippen molar-refractivity contribution in [2.24, 2.45) is 0 Å². The average molecular weight is 603 g/mol. The van der Waals surface area contributed by atoms with Gasteiger partial charge in [-0.2, -0.15) is 0 Å². The summed E-state index contributed by atoms with van der Waals surface area (Å²) in [6, 6.07) is 0. The van der Waals surface area contributed by atoms with E-state index in [0.29, 0.717) is 6.42 Å². The van der Waals surface area contributed by atoms with Crippen molar-refractivity contribution in [1.29, 1.82) is 0 Å². The summed E-state index contributed by atoms with van der Waals surface area (Å²) < 4.78 is 26.1. The molecule has 2 N–H and O–H groups in total. The molecule has 0 radical (unpaired) electrons. The lowest BCUT2D eigenvalue weighted by Crippen LogP contribution is -2.29. The lowest BCUT2D eigenvalue weighted by atomic mass is 10.1. The van der Waals surface area contributed by atoms with Crippen molar-refractivity contribution in [2.75, 3.05) is 13.2 Å². The highest BCUT2D eigenvalue weighted by molar-refractivity contribution is 7.46. The summed E-state index contributed by atoms with van der Waals surface area (Å²) in [5.74, 6) is -0.905. The molecule has 0 amide bonds. The number of rotatable bonds is 29. The smallest absolute Gasteiger partial charge is 0.462 e. The number of phosphoric ester groups is 1. The molecule has 0 bridgehead atoms. The van der Waals surface area contributed by atoms with Gasteiger partial charge in [0, 0.05) is 12.8 Å². The van der Waals surface area contributed by atoms with Crippen LogP contribution >= 0.6 is 7.82 Å². The first kappa shape index (κ1) is 39.5. The second-order valence-corrected chi connectivity index (χ2v) is 12.0. The molecule has 0 aliphatic rings. The Morgan fingerprint density at radius 2 is 1.12 bits per heavy atom. The summed E-state index contributed by atoms with van der Waals surface area (Å²) >= 11 is 0. The third kappa shape index (κ3) is 31.3. The first-order chi connectivity index (χ1) is 19.8. The van der Waals surface area contributed by atoms with Gasteiger partial charge < -0.3 is 19.3 Å². The van der Waals surface area contributed by atoms with Crippen LogP contribution in [0.3, 0.4) is 0 Å². The Morgan fingerprint density at radius 1 is 0.634 bits per heavy atom. The van der Waals surface area contributed by atoms with E-state index in [9.17, 15) is 14.2 Å². The zero-order chi connectivity index (χ0) is 30.4. The third-order valence-corrected chi connectivity index (χ3v) is 7.21. The molecule has 8 nitrogen and oxygen atoms in total. The number of carbonyl (C=O) groups excluding carboxylic acids is 2. The topological polar surface area (TPSA) is 119 Å². The van der Waals surface area contributed by atoms with E-state index in [1.165, 1.54) is 51.4 Å². The summed E-state index contributed by atoms with van der Waals surface area (Å²) in [7, 11) is -4.74. The van der Waals surface area contributed by atoms with Crippen molar-refractivity contribution in [2.45, 2.75) is 155 Å². The van der Waals surface area contributed by atoms with Gasteiger partial charge in [0.15, 0.2) is 6.10 Å². The molecule has 41 heavy (non-hydrogen) atoms. The fourth-order valence-corrected chi connectivity index (χ4v) is 4.63. The Morgan fingerprint density at radius 3 is 1.68 bits per heavy atom. The van der Waals surface area contributed by atoms with E-state index < -0.39 is 32.5 Å². The van der Waals surface area contributed by atoms with Gasteiger partial charge >= 0.3 is 19.8 Å². The van der Waals surface area contributed by atoms with Crippen LogP contribution in [0.2, 0.25) is 0 Å². The molecule has 0 spiro atoms. The summed E-state index contributed by atoms with van der Waals surface area (Å²) in [6.45, 7) is 3.58. The lowest BCUT2D eigenvalue weighted by Gasteiger charge is -2.18. The van der Waals surface area contributed by atoms with E-state index >= 15 is 0 Å². The van der Waals surface area contributed by atoms with Crippen molar-refractivity contribution in [3.05, 3.63) is 24.3 Å². The molecule has 0 unspecified atom stereocenters. The van der Waals surface area contributed by atoms with Gasteiger partial charge in [-0.25, -0.2) is 4.57 Å². The minimum atomic E-state index is -4.74. The SMILES string of the molecule is CCCC/C=C/C/C=C/CCCCCCCC(=O)O[C@H](COC(=O)CCCCCCCCCCC)COP(=O)(O)O. The average Bonchev–Trinajstić information content (AvgIpc) is 2.93. The summed E-state index contributed by atoms with van der Waals surface area (Å²) in [5, 5.41) is 0. The van der Waals surface area contributed by atoms with Crippen molar-refractivity contribution >= 4 is 19.8 Å². The Bertz CT molecular complexity index is 731. The monoisotopic (exact) mass is 602 g/mol. The van der Waals surface area contributed by atoms with Crippen LogP contribution in [0.5, 0.6) is 0 Å². The quantitative estimate of drug-likeness (QED) is 0.0377. The normalized spacial score (nSPS) is 12.8. The van der Waals surface area contributed by atoms with Gasteiger partial charge in [0.25, 0.3) is 0 Å². The standard InChI is InChI=1S/C32H59O8P/c1-3-5-7-9-11-13-14-15-16-17-19-21-23-25-27-32(34)40-30(29-39-41(35,36)37)28-38-31(33)26-24-22-20-18-12-10-8-6-4-2/h9,11,14-15,30H,3-8,10,12-13,16-29H2,1-2H3,(H2,35,36,37)/b11-9+,15-14+/t30-/m1/s1. The summed E-state index contributed by atoms with van der Waals surface area (Å²) in [5.41, 5.74) is 0. The predicted octanol–water partition coefficient (Wildman–Crippen LogP) is 8.90. The van der Waals surface area contributed by atoms with Gasteiger partial charge in [-0.05, 0) is 38.5 Å². The molecular formula is C32H59O8P. The molecule has 0 fully saturated rings. The van der Waals surface area contributed by atoms with Gasteiger partial charge in [-0.1, -0.05) is 122 Å². The van der Waals surface area contributed by atoms with Crippen molar-refractivity contribution in [1.82, 2.24) is 0 Å². The van der Waals surface area contributed by atoms with Crippen LogP contribution in [0, 0.1) is 0 Å². The van der Waals surface area contributed by atoms with Gasteiger partial charge in [0.2, 0.25) is 0 Å². The second kappa shape index (κ2) is 28.6. The number of hydrogen-bond acceptors (Lipinski definition) is 6. The number of ether oxygens (including phenoxy) is 2. The van der Waals surface area contributed by atoms with E-state index in [4.69, 9.17) is 19.3 Å². The molecule has 0 aromatic carbocycles. The van der Waals surface area contributed by atoms with Gasteiger partial charge in [-0.3, -0.25) is 14.1 Å². The number of esters is 2. The zero-order valence-electron chi connectivity index (χ0n) is 25.9. The van der Waals surface area contributed by atoms with Crippen molar-refractivity contribution in [3.63, 3.8) is 0 Å². The van der Waals surface area contributed by atoms with Crippen molar-refractivity contribution < 1.29 is 37.9 Å². The highest BCUT2D eigenvalue weighted by Gasteiger charge is 2.22. The van der Waals surface area contributed by atoms with Gasteiger partial charge in [0.05, 0.1) is 6.61 Å². The van der Waals surface area contributed by atoms with Crippen LogP contribution < -0.4 is 0 Å². The Labute approximate surface area is 249 Å². The van der Waals surface area contributed by atoms with E-state index in [2.05, 4.69) is 42.7 Å².